The molecule has 0 heterocycles. The first-order valence-corrected chi connectivity index (χ1v) is 5.40. The lowest BCUT2D eigenvalue weighted by Crippen LogP contribution is -2.26. The van der Waals surface area contributed by atoms with Crippen molar-refractivity contribution in [1.29, 1.82) is 0 Å². The van der Waals surface area contributed by atoms with Crippen LogP contribution in [0.3, 0.4) is 0 Å². The van der Waals surface area contributed by atoms with Crippen molar-refractivity contribution < 1.29 is 9.53 Å². The summed E-state index contributed by atoms with van der Waals surface area (Å²) >= 11 is 3.28. The topological polar surface area (TPSA) is 26.3 Å². The number of carbonyl (C=O) groups excluding carboxylic acids is 1. The van der Waals surface area contributed by atoms with Gasteiger partial charge in [-0.25, -0.2) is 0 Å². The lowest BCUT2D eigenvalue weighted by atomic mass is 9.91. The Labute approximate surface area is 82.8 Å². The molecule has 0 spiro atoms. The van der Waals surface area contributed by atoms with Crippen LogP contribution in [0, 0.1) is 5.41 Å². The van der Waals surface area contributed by atoms with E-state index in [-0.39, 0.29) is 11.4 Å². The summed E-state index contributed by atoms with van der Waals surface area (Å²) < 4.78 is 5.07. The summed E-state index contributed by atoms with van der Waals surface area (Å²) in [6, 6.07) is 0. The second kappa shape index (κ2) is 5.57. The van der Waals surface area contributed by atoms with E-state index in [0.717, 1.165) is 18.2 Å². The molecule has 0 rings (SSSR count). The Bertz CT molecular complexity index is 143. The van der Waals surface area contributed by atoms with Crippen molar-refractivity contribution >= 4 is 21.9 Å². The summed E-state index contributed by atoms with van der Waals surface area (Å²) in [5.74, 6) is -0.0917. The number of alkyl halides is 1. The quantitative estimate of drug-likeness (QED) is 0.417. The molecule has 0 atom stereocenters. The number of hydrogen-bond donors (Lipinski definition) is 0. The average Bonchev–Trinajstić information content (AvgIpc) is 2.05. The highest BCUT2D eigenvalue weighted by Crippen LogP contribution is 2.21. The van der Waals surface area contributed by atoms with Crippen molar-refractivity contribution in [3.05, 3.63) is 0 Å². The molecule has 0 aliphatic carbocycles. The first-order chi connectivity index (χ1) is 5.54. The van der Waals surface area contributed by atoms with Crippen LogP contribution in [0.5, 0.6) is 0 Å². The van der Waals surface area contributed by atoms with Crippen LogP contribution >= 0.6 is 15.9 Å². The monoisotopic (exact) mass is 236 g/mol. The van der Waals surface area contributed by atoms with Crippen LogP contribution in [0.1, 0.15) is 33.6 Å². The molecule has 3 heteroatoms. The molecule has 0 saturated carbocycles. The fraction of sp³-hybridized carbons (Fsp3) is 0.889. The van der Waals surface area contributed by atoms with Crippen LogP contribution in [0.2, 0.25) is 0 Å². The lowest BCUT2D eigenvalue weighted by Gasteiger charge is -2.19. The molecule has 0 aromatic heterocycles. The first-order valence-electron chi connectivity index (χ1n) is 4.27. The molecule has 0 amide bonds. The molecule has 0 aliphatic rings. The van der Waals surface area contributed by atoms with Gasteiger partial charge in [-0.2, -0.15) is 0 Å². The molecular formula is C9H17BrO2. The third-order valence-electron chi connectivity index (χ3n) is 1.95. The van der Waals surface area contributed by atoms with Gasteiger partial charge in [-0.15, -0.1) is 0 Å². The Hall–Kier alpha value is -0.0500. The summed E-state index contributed by atoms with van der Waals surface area (Å²) in [5, 5.41) is 0.882. The van der Waals surface area contributed by atoms with E-state index in [1.165, 1.54) is 0 Å². The molecule has 2 nitrogen and oxygen atoms in total. The van der Waals surface area contributed by atoms with Crippen LogP contribution in [0.4, 0.5) is 0 Å². The van der Waals surface area contributed by atoms with E-state index in [1.807, 2.05) is 20.8 Å². The normalized spacial score (nSPS) is 11.3. The predicted octanol–water partition coefficient (Wildman–Crippen LogP) is 2.75. The Morgan fingerprint density at radius 1 is 1.50 bits per heavy atom. The number of ether oxygens (including phenoxy) is 1. The van der Waals surface area contributed by atoms with Crippen LogP contribution in [0.25, 0.3) is 0 Å². The minimum Gasteiger partial charge on any atom is -0.465 e. The van der Waals surface area contributed by atoms with Gasteiger partial charge in [0.1, 0.15) is 0 Å². The van der Waals surface area contributed by atoms with E-state index in [2.05, 4.69) is 15.9 Å². The zero-order valence-electron chi connectivity index (χ0n) is 8.02. The second-order valence-electron chi connectivity index (χ2n) is 3.42. The second-order valence-corrected chi connectivity index (χ2v) is 4.21. The van der Waals surface area contributed by atoms with Crippen molar-refractivity contribution in [2.75, 3.05) is 11.9 Å². The highest BCUT2D eigenvalue weighted by molar-refractivity contribution is 9.09. The van der Waals surface area contributed by atoms with Crippen molar-refractivity contribution in [2.24, 2.45) is 5.41 Å². The van der Waals surface area contributed by atoms with Gasteiger partial charge in [0.2, 0.25) is 0 Å². The number of halogens is 1. The fourth-order valence-electron chi connectivity index (χ4n) is 0.559. The summed E-state index contributed by atoms with van der Waals surface area (Å²) in [4.78, 5) is 11.3. The average molecular weight is 237 g/mol. The Balaban J connectivity index is 3.72. The van der Waals surface area contributed by atoms with Gasteiger partial charge >= 0.3 is 5.97 Å². The zero-order valence-corrected chi connectivity index (χ0v) is 9.61. The van der Waals surface area contributed by atoms with E-state index in [1.54, 1.807) is 0 Å². The van der Waals surface area contributed by atoms with E-state index in [9.17, 15) is 4.79 Å². The maximum atomic E-state index is 11.3. The smallest absolute Gasteiger partial charge is 0.311 e. The van der Waals surface area contributed by atoms with E-state index < -0.39 is 0 Å². The molecule has 0 N–H and O–H groups in total. The number of carbonyl (C=O) groups is 1. The van der Waals surface area contributed by atoms with Crippen LogP contribution in [-0.2, 0) is 9.53 Å². The van der Waals surface area contributed by atoms with Gasteiger partial charge in [-0.1, -0.05) is 22.9 Å². The van der Waals surface area contributed by atoms with Crippen molar-refractivity contribution in [1.82, 2.24) is 0 Å². The van der Waals surface area contributed by atoms with Crippen molar-refractivity contribution in [3.63, 3.8) is 0 Å². The third kappa shape index (κ3) is 4.10. The minimum absolute atomic E-state index is 0.0917. The van der Waals surface area contributed by atoms with Crippen molar-refractivity contribution in [3.8, 4) is 0 Å². The largest absolute Gasteiger partial charge is 0.465 e. The number of hydrogen-bond acceptors (Lipinski definition) is 2. The Morgan fingerprint density at radius 3 is 2.50 bits per heavy atom. The Morgan fingerprint density at radius 2 is 2.08 bits per heavy atom. The SMILES string of the molecule is CCC(C)(C)C(=O)OCCCBr. The van der Waals surface area contributed by atoms with Crippen LogP contribution in [0.15, 0.2) is 0 Å². The maximum Gasteiger partial charge on any atom is 0.311 e. The van der Waals surface area contributed by atoms with Gasteiger partial charge in [0.15, 0.2) is 0 Å². The Kier molecular flexibility index (Phi) is 5.55. The summed E-state index contributed by atoms with van der Waals surface area (Å²) in [6.07, 6.45) is 1.70. The first kappa shape index (κ1) is 11.9. The summed E-state index contributed by atoms with van der Waals surface area (Å²) in [5.41, 5.74) is -0.327. The van der Waals surface area contributed by atoms with Crippen LogP contribution in [-0.4, -0.2) is 17.9 Å². The van der Waals surface area contributed by atoms with Gasteiger partial charge in [0, 0.05) is 5.33 Å². The minimum atomic E-state index is -0.327. The van der Waals surface area contributed by atoms with Gasteiger partial charge in [0.25, 0.3) is 0 Å². The molecule has 12 heavy (non-hydrogen) atoms. The highest BCUT2D eigenvalue weighted by atomic mass is 79.9. The molecule has 0 aromatic rings. The van der Waals surface area contributed by atoms with Gasteiger partial charge in [-0.05, 0) is 26.7 Å². The molecule has 0 bridgehead atoms. The zero-order chi connectivity index (χ0) is 9.61. The number of rotatable bonds is 5. The highest BCUT2D eigenvalue weighted by Gasteiger charge is 2.26. The molecule has 0 saturated heterocycles. The van der Waals surface area contributed by atoms with Gasteiger partial charge < -0.3 is 4.74 Å². The van der Waals surface area contributed by atoms with E-state index >= 15 is 0 Å². The predicted molar refractivity (Wildman–Crippen MR) is 53.4 cm³/mol. The maximum absolute atomic E-state index is 11.3. The van der Waals surface area contributed by atoms with Gasteiger partial charge in [-0.3, -0.25) is 4.79 Å². The molecular weight excluding hydrogens is 220 g/mol. The van der Waals surface area contributed by atoms with Crippen LogP contribution < -0.4 is 0 Å². The molecule has 0 aliphatic heterocycles. The summed E-state index contributed by atoms with van der Waals surface area (Å²) in [6.45, 7) is 6.33. The number of esters is 1. The molecule has 0 aromatic carbocycles. The molecule has 0 unspecified atom stereocenters. The fourth-order valence-corrected chi connectivity index (χ4v) is 0.788. The van der Waals surface area contributed by atoms with E-state index in [4.69, 9.17) is 4.74 Å². The molecule has 0 radical (unpaired) electrons. The van der Waals surface area contributed by atoms with Crippen molar-refractivity contribution in [2.45, 2.75) is 33.6 Å². The van der Waals surface area contributed by atoms with E-state index in [0.29, 0.717) is 6.61 Å². The summed E-state index contributed by atoms with van der Waals surface area (Å²) in [7, 11) is 0. The molecule has 0 fully saturated rings. The standard InChI is InChI=1S/C9H17BrO2/c1-4-9(2,3)8(11)12-7-5-6-10/h4-7H2,1-3H3. The van der Waals surface area contributed by atoms with Gasteiger partial charge in [0.05, 0.1) is 12.0 Å². The third-order valence-corrected chi connectivity index (χ3v) is 2.51. The lowest BCUT2D eigenvalue weighted by molar-refractivity contribution is -0.154. The molecule has 72 valence electrons.